The van der Waals surface area contributed by atoms with Crippen LogP contribution in [0.25, 0.3) is 11.0 Å². The van der Waals surface area contributed by atoms with Crippen LogP contribution in [0.4, 0.5) is 5.82 Å². The van der Waals surface area contributed by atoms with Crippen molar-refractivity contribution in [1.29, 1.82) is 0 Å². The van der Waals surface area contributed by atoms with Gasteiger partial charge in [0, 0.05) is 24.2 Å². The number of pyridine rings is 1. The average Bonchev–Trinajstić information content (AvgIpc) is 2.57. The summed E-state index contributed by atoms with van der Waals surface area (Å²) in [5.74, 6) is 0.944. The van der Waals surface area contributed by atoms with Gasteiger partial charge in [0.1, 0.15) is 17.8 Å². The molecule has 122 valence electrons. The molecular formula is C15H14N4O4P+. The van der Waals surface area contributed by atoms with Crippen molar-refractivity contribution < 1.29 is 14.0 Å². The van der Waals surface area contributed by atoms with E-state index in [1.54, 1.807) is 37.4 Å². The Morgan fingerprint density at radius 3 is 2.67 bits per heavy atom. The van der Waals surface area contributed by atoms with Crippen molar-refractivity contribution in [3.8, 4) is 5.75 Å². The van der Waals surface area contributed by atoms with Crippen LogP contribution in [0.5, 0.6) is 5.75 Å². The van der Waals surface area contributed by atoms with E-state index in [0.29, 0.717) is 23.8 Å². The van der Waals surface area contributed by atoms with Gasteiger partial charge in [-0.25, -0.2) is 14.5 Å². The van der Waals surface area contributed by atoms with Gasteiger partial charge >= 0.3 is 8.25 Å². The van der Waals surface area contributed by atoms with Gasteiger partial charge in [-0.3, -0.25) is 9.36 Å². The Bertz CT molecular complexity index is 956. The number of hydrogen-bond acceptors (Lipinski definition) is 6. The predicted octanol–water partition coefficient (Wildman–Crippen LogP) is 1.97. The minimum atomic E-state index is -2.67. The summed E-state index contributed by atoms with van der Waals surface area (Å²) in [5, 5.41) is 3.94. The van der Waals surface area contributed by atoms with Crippen molar-refractivity contribution in [2.45, 2.75) is 6.54 Å². The van der Waals surface area contributed by atoms with Crippen molar-refractivity contribution in [3.63, 3.8) is 0 Å². The lowest BCUT2D eigenvalue weighted by atomic mass is 10.2. The molecule has 0 saturated heterocycles. The van der Waals surface area contributed by atoms with Crippen LogP contribution in [-0.2, 0) is 18.2 Å². The van der Waals surface area contributed by atoms with E-state index in [2.05, 4.69) is 15.3 Å². The molecule has 8 nitrogen and oxygen atoms in total. The van der Waals surface area contributed by atoms with E-state index in [1.807, 2.05) is 0 Å². The molecule has 0 fully saturated rings. The first-order chi connectivity index (χ1) is 11.5. The van der Waals surface area contributed by atoms with Crippen LogP contribution in [0.2, 0.25) is 0 Å². The Labute approximate surface area is 137 Å². The minimum absolute atomic E-state index is 0.134. The zero-order valence-electron chi connectivity index (χ0n) is 12.7. The van der Waals surface area contributed by atoms with Crippen LogP contribution in [0.15, 0.2) is 47.5 Å². The highest BCUT2D eigenvalue weighted by molar-refractivity contribution is 7.32. The molecule has 2 aromatic heterocycles. The normalized spacial score (nSPS) is 11.3. The van der Waals surface area contributed by atoms with Gasteiger partial charge in [-0.2, -0.15) is 0 Å². The second-order valence-electron chi connectivity index (χ2n) is 5.02. The van der Waals surface area contributed by atoms with Crippen LogP contribution in [-0.4, -0.2) is 19.4 Å². The summed E-state index contributed by atoms with van der Waals surface area (Å²) in [4.78, 5) is 28.7. The molecule has 2 heterocycles. The zero-order valence-corrected chi connectivity index (χ0v) is 13.6. The summed E-state index contributed by atoms with van der Waals surface area (Å²) in [6.07, 6.45) is 1.40. The van der Waals surface area contributed by atoms with Gasteiger partial charge in [-0.1, -0.05) is 12.1 Å². The van der Waals surface area contributed by atoms with E-state index >= 15 is 0 Å². The summed E-state index contributed by atoms with van der Waals surface area (Å²) >= 11 is 0. The van der Waals surface area contributed by atoms with Gasteiger partial charge in [-0.15, -0.1) is 4.89 Å². The van der Waals surface area contributed by atoms with Crippen LogP contribution in [0, 0.1) is 0 Å². The molecule has 24 heavy (non-hydrogen) atoms. The van der Waals surface area contributed by atoms with Crippen LogP contribution < -0.4 is 15.4 Å². The highest BCUT2D eigenvalue weighted by Crippen LogP contribution is 2.23. The minimum Gasteiger partial charge on any atom is -0.365 e. The molecule has 0 amide bonds. The topological polar surface area (TPSA) is 106 Å². The maximum Gasteiger partial charge on any atom is 0.747 e. The second kappa shape index (κ2) is 6.74. The average molecular weight is 345 g/mol. The van der Waals surface area contributed by atoms with Crippen LogP contribution >= 0.6 is 8.25 Å². The Kier molecular flexibility index (Phi) is 4.50. The first-order valence-corrected chi connectivity index (χ1v) is 8.15. The van der Waals surface area contributed by atoms with Crippen molar-refractivity contribution in [2.75, 3.05) is 5.32 Å². The fourth-order valence-electron chi connectivity index (χ4n) is 2.26. The number of nitrogens with zero attached hydrogens (tertiary/aromatic N) is 3. The van der Waals surface area contributed by atoms with Crippen LogP contribution in [0.3, 0.4) is 0 Å². The lowest BCUT2D eigenvalue weighted by Crippen LogP contribution is -2.16. The molecule has 2 N–H and O–H groups in total. The van der Waals surface area contributed by atoms with Crippen LogP contribution in [0.1, 0.15) is 5.56 Å². The van der Waals surface area contributed by atoms with E-state index in [9.17, 15) is 9.36 Å². The van der Waals surface area contributed by atoms with Crippen molar-refractivity contribution in [1.82, 2.24) is 14.5 Å². The second-order valence-corrected chi connectivity index (χ2v) is 5.68. The highest BCUT2D eigenvalue weighted by atomic mass is 31.1. The molecule has 0 radical (unpaired) electrons. The van der Waals surface area contributed by atoms with E-state index < -0.39 is 8.25 Å². The SMILES string of the molecule is Cn1c(=O)ccc2c(NCc3ccc(O[P+](=O)O)cc3)ncnc21. The molecule has 0 saturated carbocycles. The fourth-order valence-corrected chi connectivity index (χ4v) is 2.56. The van der Waals surface area contributed by atoms with Gasteiger partial charge < -0.3 is 5.32 Å². The summed E-state index contributed by atoms with van der Waals surface area (Å²) in [6.45, 7) is 0.487. The van der Waals surface area contributed by atoms with Gasteiger partial charge in [0.15, 0.2) is 5.75 Å². The molecular weight excluding hydrogens is 331 g/mol. The molecule has 0 aliphatic heterocycles. The third kappa shape index (κ3) is 3.40. The molecule has 0 aliphatic carbocycles. The Balaban J connectivity index is 1.80. The number of rotatable bonds is 5. The third-order valence-corrected chi connectivity index (χ3v) is 3.84. The summed E-state index contributed by atoms with van der Waals surface area (Å²) in [7, 11) is -1.01. The number of anilines is 1. The lowest BCUT2D eigenvalue weighted by molar-refractivity contribution is 0.410. The number of aryl methyl sites for hydroxylation is 1. The molecule has 0 aliphatic rings. The van der Waals surface area contributed by atoms with E-state index in [-0.39, 0.29) is 5.56 Å². The largest absolute Gasteiger partial charge is 0.747 e. The lowest BCUT2D eigenvalue weighted by Gasteiger charge is -2.10. The van der Waals surface area contributed by atoms with Crippen molar-refractivity contribution >= 4 is 25.1 Å². The van der Waals surface area contributed by atoms with Gasteiger partial charge in [-0.05, 0) is 23.8 Å². The van der Waals surface area contributed by atoms with E-state index in [0.717, 1.165) is 10.9 Å². The summed E-state index contributed by atoms with van der Waals surface area (Å²) in [5.41, 5.74) is 1.35. The van der Waals surface area contributed by atoms with Gasteiger partial charge in [0.2, 0.25) is 0 Å². The molecule has 0 bridgehead atoms. The molecule has 9 heteroatoms. The molecule has 1 atom stereocenters. The molecule has 3 aromatic rings. The van der Waals surface area contributed by atoms with Gasteiger partial charge in [0.05, 0.1) is 5.39 Å². The molecule has 3 rings (SSSR count). The Morgan fingerprint density at radius 2 is 1.96 bits per heavy atom. The maximum atomic E-state index is 11.7. The quantitative estimate of drug-likeness (QED) is 0.681. The molecule has 1 unspecified atom stereocenters. The molecule has 1 aromatic carbocycles. The predicted molar refractivity (Wildman–Crippen MR) is 89.0 cm³/mol. The van der Waals surface area contributed by atoms with E-state index in [1.165, 1.54) is 17.0 Å². The standard InChI is InChI=1S/C15H13N4O4P/c1-19-13(20)7-6-12-14(17-9-18-15(12)19)16-8-10-2-4-11(5-3-10)23-24(21)22/h2-7,9H,8H2,1H3,(H-,16,17,18,20,21,22)/p+1. The maximum absolute atomic E-state index is 11.7. The van der Waals surface area contributed by atoms with Gasteiger partial charge in [0.25, 0.3) is 5.56 Å². The van der Waals surface area contributed by atoms with Crippen molar-refractivity contribution in [2.24, 2.45) is 7.05 Å². The highest BCUT2D eigenvalue weighted by Gasteiger charge is 2.13. The molecule has 0 spiro atoms. The number of hydrogen-bond donors (Lipinski definition) is 2. The van der Waals surface area contributed by atoms with E-state index in [4.69, 9.17) is 9.42 Å². The number of aromatic nitrogens is 3. The summed E-state index contributed by atoms with van der Waals surface area (Å²) in [6, 6.07) is 9.94. The number of nitrogens with one attached hydrogen (secondary N) is 1. The Morgan fingerprint density at radius 1 is 1.21 bits per heavy atom. The number of fused-ring (bicyclic) bond motifs is 1. The fraction of sp³-hybridized carbons (Fsp3) is 0.133. The summed E-state index contributed by atoms with van der Waals surface area (Å²) < 4.78 is 16.8. The monoisotopic (exact) mass is 345 g/mol. The third-order valence-electron chi connectivity index (χ3n) is 3.47. The number of benzene rings is 1. The Hall–Kier alpha value is -2.83. The zero-order chi connectivity index (χ0) is 17.1. The first-order valence-electron chi connectivity index (χ1n) is 7.02. The first kappa shape index (κ1) is 16.0. The smallest absolute Gasteiger partial charge is 0.365 e. The van der Waals surface area contributed by atoms with Crippen molar-refractivity contribution in [3.05, 3.63) is 58.6 Å².